The number of aromatic nitrogens is 2. The van der Waals surface area contributed by atoms with Crippen LogP contribution in [0.1, 0.15) is 40.0 Å². The van der Waals surface area contributed by atoms with E-state index in [4.69, 9.17) is 0 Å². The van der Waals surface area contributed by atoms with Crippen LogP contribution in [0.5, 0.6) is 0 Å². The van der Waals surface area contributed by atoms with Gasteiger partial charge in [0.25, 0.3) is 0 Å². The third kappa shape index (κ3) is 6.37. The van der Waals surface area contributed by atoms with Crippen molar-refractivity contribution in [3.8, 4) is 0 Å². The number of rotatable bonds is 5. The van der Waals surface area contributed by atoms with Crippen molar-refractivity contribution in [1.82, 2.24) is 14.9 Å². The molecule has 0 saturated carbocycles. The van der Waals surface area contributed by atoms with Gasteiger partial charge in [-0.05, 0) is 24.7 Å². The van der Waals surface area contributed by atoms with Gasteiger partial charge in [0.1, 0.15) is 0 Å². The summed E-state index contributed by atoms with van der Waals surface area (Å²) in [7, 11) is 0. The molecule has 0 bridgehead atoms. The number of hydrogen-bond acceptors (Lipinski definition) is 5. The zero-order valence-corrected chi connectivity index (χ0v) is 15.3. The molecule has 2 heterocycles. The van der Waals surface area contributed by atoms with Crippen molar-refractivity contribution in [3.05, 3.63) is 18.5 Å². The van der Waals surface area contributed by atoms with Crippen LogP contribution in [0.3, 0.4) is 0 Å². The first kappa shape index (κ1) is 18.0. The van der Waals surface area contributed by atoms with Gasteiger partial charge in [-0.3, -0.25) is 4.79 Å². The van der Waals surface area contributed by atoms with Gasteiger partial charge >= 0.3 is 0 Å². The number of hydrogen-bond donors (Lipinski definition) is 0. The fourth-order valence-electron chi connectivity index (χ4n) is 2.58. The summed E-state index contributed by atoms with van der Waals surface area (Å²) in [5.74, 6) is 2.10. The second-order valence-electron chi connectivity index (χ2n) is 6.83. The third-order valence-corrected chi connectivity index (χ3v) is 5.11. The van der Waals surface area contributed by atoms with E-state index in [9.17, 15) is 4.79 Å². The maximum atomic E-state index is 12.4. The summed E-state index contributed by atoms with van der Waals surface area (Å²) >= 11 is 1.93. The number of nitrogens with zero attached hydrogens (tertiary/aromatic N) is 4. The molecule has 0 atom stereocenters. The molecular formula is C17H28N4OS. The van der Waals surface area contributed by atoms with Crippen LogP contribution in [-0.2, 0) is 4.79 Å². The Labute approximate surface area is 143 Å². The summed E-state index contributed by atoms with van der Waals surface area (Å²) in [6.45, 7) is 9.98. The molecule has 0 aromatic carbocycles. The Morgan fingerprint density at radius 1 is 1.17 bits per heavy atom. The predicted octanol–water partition coefficient (Wildman–Crippen LogP) is 2.83. The van der Waals surface area contributed by atoms with Crippen LogP contribution in [-0.4, -0.2) is 57.5 Å². The monoisotopic (exact) mass is 336 g/mol. The lowest BCUT2D eigenvalue weighted by Crippen LogP contribution is -2.35. The molecular weight excluding hydrogens is 308 g/mol. The van der Waals surface area contributed by atoms with Crippen LogP contribution in [0, 0.1) is 0 Å². The van der Waals surface area contributed by atoms with Crippen molar-refractivity contribution in [1.29, 1.82) is 0 Å². The topological polar surface area (TPSA) is 49.3 Å². The standard InChI is InChI=1S/C17H28N4OS/c1-17(2,3)23-14-4-7-15(22)20-10-6-11-21(13-12-20)16-18-8-5-9-19-16/h5,8-9H,4,6-7,10-14H2,1-3H3. The first-order chi connectivity index (χ1) is 11.0. The molecule has 0 unspecified atom stereocenters. The zero-order chi connectivity index (χ0) is 16.7. The molecule has 0 spiro atoms. The largest absolute Gasteiger partial charge is 0.341 e. The molecule has 1 saturated heterocycles. The minimum atomic E-state index is 0.280. The van der Waals surface area contributed by atoms with Gasteiger partial charge in [-0.1, -0.05) is 20.8 Å². The van der Waals surface area contributed by atoms with Gasteiger partial charge in [0.15, 0.2) is 0 Å². The second-order valence-corrected chi connectivity index (χ2v) is 8.76. The molecule has 6 heteroatoms. The lowest BCUT2D eigenvalue weighted by atomic mass is 10.2. The fourth-order valence-corrected chi connectivity index (χ4v) is 3.48. The third-order valence-electron chi connectivity index (χ3n) is 3.75. The highest BCUT2D eigenvalue weighted by atomic mass is 32.2. The van der Waals surface area contributed by atoms with Crippen LogP contribution in [0.2, 0.25) is 0 Å². The molecule has 0 radical (unpaired) electrons. The molecule has 23 heavy (non-hydrogen) atoms. The molecule has 0 aliphatic carbocycles. The first-order valence-corrected chi connectivity index (χ1v) is 9.38. The van der Waals surface area contributed by atoms with Crippen molar-refractivity contribution >= 4 is 23.6 Å². The van der Waals surface area contributed by atoms with E-state index >= 15 is 0 Å². The van der Waals surface area contributed by atoms with Crippen molar-refractivity contribution in [2.24, 2.45) is 0 Å². The Morgan fingerprint density at radius 3 is 2.61 bits per heavy atom. The van der Waals surface area contributed by atoms with Gasteiger partial charge in [0.05, 0.1) is 0 Å². The summed E-state index contributed by atoms with van der Waals surface area (Å²) in [4.78, 5) is 25.2. The quantitative estimate of drug-likeness (QED) is 0.774. The number of carbonyl (C=O) groups excluding carboxylic acids is 1. The highest BCUT2D eigenvalue weighted by molar-refractivity contribution is 8.00. The van der Waals surface area contributed by atoms with E-state index in [1.54, 1.807) is 12.4 Å². The lowest BCUT2D eigenvalue weighted by Gasteiger charge is -2.22. The van der Waals surface area contributed by atoms with Crippen LogP contribution in [0.25, 0.3) is 0 Å². The Morgan fingerprint density at radius 2 is 1.91 bits per heavy atom. The molecule has 1 aliphatic rings. The average molecular weight is 337 g/mol. The van der Waals surface area contributed by atoms with Crippen LogP contribution in [0.4, 0.5) is 5.95 Å². The van der Waals surface area contributed by atoms with Crippen molar-refractivity contribution in [2.45, 2.75) is 44.8 Å². The van der Waals surface area contributed by atoms with Gasteiger partial charge in [0.2, 0.25) is 11.9 Å². The van der Waals surface area contributed by atoms with Gasteiger partial charge in [-0.2, -0.15) is 11.8 Å². The van der Waals surface area contributed by atoms with E-state index in [1.165, 1.54) is 0 Å². The summed E-state index contributed by atoms with van der Waals surface area (Å²) in [5, 5.41) is 0. The molecule has 2 rings (SSSR count). The molecule has 5 nitrogen and oxygen atoms in total. The highest BCUT2D eigenvalue weighted by Crippen LogP contribution is 2.24. The summed E-state index contributed by atoms with van der Waals surface area (Å²) in [6, 6.07) is 1.83. The van der Waals surface area contributed by atoms with Gasteiger partial charge in [0, 0.05) is 49.7 Å². The summed E-state index contributed by atoms with van der Waals surface area (Å²) in [5.41, 5.74) is 0. The summed E-state index contributed by atoms with van der Waals surface area (Å²) < 4.78 is 0.280. The molecule has 1 aromatic rings. The van der Waals surface area contributed by atoms with E-state index < -0.39 is 0 Å². The molecule has 128 valence electrons. The Bertz CT molecular complexity index is 489. The molecule has 1 aliphatic heterocycles. The lowest BCUT2D eigenvalue weighted by molar-refractivity contribution is -0.131. The van der Waals surface area contributed by atoms with Gasteiger partial charge < -0.3 is 9.80 Å². The SMILES string of the molecule is CC(C)(C)SCCCC(=O)N1CCCN(c2ncccn2)CC1. The smallest absolute Gasteiger partial charge is 0.225 e. The molecule has 1 amide bonds. The average Bonchev–Trinajstić information content (AvgIpc) is 2.77. The van der Waals surface area contributed by atoms with Crippen molar-refractivity contribution in [3.63, 3.8) is 0 Å². The minimum absolute atomic E-state index is 0.280. The molecule has 1 aromatic heterocycles. The minimum Gasteiger partial charge on any atom is -0.341 e. The maximum absolute atomic E-state index is 12.4. The van der Waals surface area contributed by atoms with Gasteiger partial charge in [-0.15, -0.1) is 0 Å². The zero-order valence-electron chi connectivity index (χ0n) is 14.5. The predicted molar refractivity (Wildman–Crippen MR) is 96.9 cm³/mol. The number of thioether (sulfide) groups is 1. The number of anilines is 1. The van der Waals surface area contributed by atoms with E-state index in [1.807, 2.05) is 22.7 Å². The van der Waals surface area contributed by atoms with E-state index in [0.717, 1.165) is 50.7 Å². The first-order valence-electron chi connectivity index (χ1n) is 8.39. The Hall–Kier alpha value is -1.30. The van der Waals surface area contributed by atoms with Crippen LogP contribution >= 0.6 is 11.8 Å². The number of amides is 1. The second kappa shape index (κ2) is 8.52. The Kier molecular flexibility index (Phi) is 6.69. The van der Waals surface area contributed by atoms with Gasteiger partial charge in [-0.25, -0.2) is 9.97 Å². The van der Waals surface area contributed by atoms with Crippen LogP contribution in [0.15, 0.2) is 18.5 Å². The fraction of sp³-hybridized carbons (Fsp3) is 0.706. The maximum Gasteiger partial charge on any atom is 0.225 e. The van der Waals surface area contributed by atoms with Crippen LogP contribution < -0.4 is 4.90 Å². The number of carbonyl (C=O) groups is 1. The molecule has 1 fully saturated rings. The van der Waals surface area contributed by atoms with E-state index in [2.05, 4.69) is 35.6 Å². The highest BCUT2D eigenvalue weighted by Gasteiger charge is 2.20. The van der Waals surface area contributed by atoms with E-state index in [0.29, 0.717) is 6.42 Å². The Balaban J connectivity index is 1.75. The summed E-state index contributed by atoms with van der Waals surface area (Å²) in [6.07, 6.45) is 6.13. The van der Waals surface area contributed by atoms with E-state index in [-0.39, 0.29) is 10.7 Å². The van der Waals surface area contributed by atoms with Crippen molar-refractivity contribution < 1.29 is 4.79 Å². The normalized spacial score (nSPS) is 16.3. The molecule has 0 N–H and O–H groups in total. The van der Waals surface area contributed by atoms with Crippen molar-refractivity contribution in [2.75, 3.05) is 36.8 Å².